The Bertz CT molecular complexity index is 900. The Hall–Kier alpha value is -2.06. The monoisotopic (exact) mass is 332 g/mol. The summed E-state index contributed by atoms with van der Waals surface area (Å²) in [6.07, 6.45) is 3.37. The van der Waals surface area contributed by atoms with Crippen LogP contribution in [0, 0.1) is 6.92 Å². The average Bonchev–Trinajstić information content (AvgIpc) is 2.83. The van der Waals surface area contributed by atoms with Gasteiger partial charge < -0.3 is 9.47 Å². The minimum atomic E-state index is 1.11. The first-order chi connectivity index (χ1) is 12.2. The third kappa shape index (κ3) is 2.69. The Morgan fingerprint density at radius 1 is 0.920 bits per heavy atom. The van der Waals surface area contributed by atoms with Crippen LogP contribution in [0.3, 0.4) is 0 Å². The predicted octanol–water partition coefficient (Wildman–Crippen LogP) is 4.92. The number of rotatable bonds is 5. The van der Waals surface area contributed by atoms with E-state index in [0.29, 0.717) is 0 Å². The van der Waals surface area contributed by atoms with Gasteiger partial charge >= 0.3 is 0 Å². The van der Waals surface area contributed by atoms with Gasteiger partial charge in [-0.2, -0.15) is 0 Å². The Labute approximate surface area is 151 Å². The number of para-hydroxylation sites is 2. The van der Waals surface area contributed by atoms with Crippen molar-refractivity contribution < 1.29 is 0 Å². The third-order valence-electron chi connectivity index (χ3n) is 5.91. The van der Waals surface area contributed by atoms with E-state index in [1.54, 1.807) is 0 Å². The molecule has 4 rings (SSSR count). The lowest BCUT2D eigenvalue weighted by molar-refractivity contribution is 0.306. The zero-order chi connectivity index (χ0) is 17.4. The topological polar surface area (TPSA) is 8.17 Å². The fourth-order valence-corrected chi connectivity index (χ4v) is 4.40. The summed E-state index contributed by atoms with van der Waals surface area (Å²) in [6.45, 7) is 10.2. The van der Waals surface area contributed by atoms with E-state index in [4.69, 9.17) is 0 Å². The fourth-order valence-electron chi connectivity index (χ4n) is 4.40. The van der Waals surface area contributed by atoms with Crippen LogP contribution in [0.2, 0.25) is 0 Å². The number of aryl methyl sites for hydroxylation is 3. The van der Waals surface area contributed by atoms with Gasteiger partial charge in [0.25, 0.3) is 0 Å². The molecule has 130 valence electrons. The molecule has 25 heavy (non-hydrogen) atoms. The lowest BCUT2D eigenvalue weighted by Crippen LogP contribution is -2.26. The first-order valence-corrected chi connectivity index (χ1v) is 9.67. The van der Waals surface area contributed by atoms with E-state index in [2.05, 4.69) is 72.7 Å². The molecule has 2 heteroatoms. The van der Waals surface area contributed by atoms with Gasteiger partial charge in [0, 0.05) is 29.7 Å². The van der Waals surface area contributed by atoms with Crippen molar-refractivity contribution in [3.63, 3.8) is 0 Å². The molecule has 1 aromatic heterocycles. The van der Waals surface area contributed by atoms with Crippen molar-refractivity contribution >= 4 is 10.9 Å². The first kappa shape index (κ1) is 16.4. The molecule has 2 nitrogen and oxygen atoms in total. The van der Waals surface area contributed by atoms with Crippen molar-refractivity contribution in [1.29, 1.82) is 0 Å². The highest BCUT2D eigenvalue weighted by atomic mass is 15.1. The standard InChI is InChI=1S/C23H28N2/c1-4-24(5-2)16-15-21-17(3)20-11-8-10-19-14-13-18-9-6-7-12-22(18)25(21)23(19)20/h6-12H,4-5,13-16H2,1-3H3. The lowest BCUT2D eigenvalue weighted by Gasteiger charge is -2.20. The normalized spacial score (nSPS) is 13.3. The van der Waals surface area contributed by atoms with Crippen molar-refractivity contribution in [3.05, 3.63) is 64.8 Å². The highest BCUT2D eigenvalue weighted by molar-refractivity contribution is 5.90. The molecule has 0 fully saturated rings. The SMILES string of the molecule is CCN(CC)CCc1c(C)c2cccc3c2n1-c1ccccc1CC3. The Balaban J connectivity index is 1.92. The summed E-state index contributed by atoms with van der Waals surface area (Å²) < 4.78 is 2.58. The average molecular weight is 332 g/mol. The van der Waals surface area contributed by atoms with Crippen molar-refractivity contribution in [2.45, 2.75) is 40.0 Å². The maximum absolute atomic E-state index is 2.58. The fraction of sp³-hybridized carbons (Fsp3) is 0.391. The van der Waals surface area contributed by atoms with Crippen LogP contribution in [-0.4, -0.2) is 29.1 Å². The number of hydrogen-bond donors (Lipinski definition) is 0. The van der Waals surface area contributed by atoms with Crippen LogP contribution in [0.1, 0.15) is 36.2 Å². The molecule has 3 aromatic rings. The van der Waals surface area contributed by atoms with Crippen LogP contribution in [0.25, 0.3) is 16.6 Å². The van der Waals surface area contributed by atoms with E-state index >= 15 is 0 Å². The quantitative estimate of drug-likeness (QED) is 0.644. The van der Waals surface area contributed by atoms with E-state index in [1.807, 2.05) is 0 Å². The van der Waals surface area contributed by atoms with Gasteiger partial charge in [-0.05, 0) is 55.6 Å². The highest BCUT2D eigenvalue weighted by Gasteiger charge is 2.22. The second-order valence-corrected chi connectivity index (χ2v) is 7.13. The summed E-state index contributed by atoms with van der Waals surface area (Å²) in [5.41, 5.74) is 8.74. The molecule has 1 aliphatic rings. The van der Waals surface area contributed by atoms with Crippen molar-refractivity contribution in [1.82, 2.24) is 9.47 Å². The van der Waals surface area contributed by atoms with Gasteiger partial charge in [-0.3, -0.25) is 0 Å². The summed E-state index contributed by atoms with van der Waals surface area (Å²) in [4.78, 5) is 2.52. The van der Waals surface area contributed by atoms with Crippen LogP contribution in [-0.2, 0) is 19.3 Å². The molecule has 0 unspecified atom stereocenters. The Kier molecular flexibility index (Phi) is 4.39. The number of hydrogen-bond acceptors (Lipinski definition) is 1. The van der Waals surface area contributed by atoms with Gasteiger partial charge in [0.15, 0.2) is 0 Å². The predicted molar refractivity (Wildman–Crippen MR) is 107 cm³/mol. The first-order valence-electron chi connectivity index (χ1n) is 9.67. The maximum atomic E-state index is 2.58. The number of likely N-dealkylation sites (N-methyl/N-ethyl adjacent to an activating group) is 1. The molecule has 0 saturated heterocycles. The zero-order valence-corrected chi connectivity index (χ0v) is 15.7. The zero-order valence-electron chi connectivity index (χ0n) is 15.7. The summed E-state index contributed by atoms with van der Waals surface area (Å²) in [6, 6.07) is 15.8. The van der Waals surface area contributed by atoms with Gasteiger partial charge in [-0.25, -0.2) is 0 Å². The van der Waals surface area contributed by atoms with E-state index in [-0.39, 0.29) is 0 Å². The molecular weight excluding hydrogens is 304 g/mol. The number of nitrogens with zero attached hydrogens (tertiary/aromatic N) is 2. The second-order valence-electron chi connectivity index (χ2n) is 7.13. The lowest BCUT2D eigenvalue weighted by atomic mass is 10.0. The van der Waals surface area contributed by atoms with Crippen LogP contribution < -0.4 is 0 Å². The molecule has 0 N–H and O–H groups in total. The third-order valence-corrected chi connectivity index (χ3v) is 5.91. The van der Waals surface area contributed by atoms with Crippen molar-refractivity contribution in [3.8, 4) is 5.69 Å². The largest absolute Gasteiger partial charge is 0.313 e. The molecule has 0 atom stereocenters. The molecule has 0 aliphatic carbocycles. The molecule has 0 amide bonds. The van der Waals surface area contributed by atoms with Crippen LogP contribution in [0.4, 0.5) is 0 Å². The molecule has 1 aliphatic heterocycles. The van der Waals surface area contributed by atoms with Gasteiger partial charge in [0.2, 0.25) is 0 Å². The summed E-state index contributed by atoms with van der Waals surface area (Å²) in [7, 11) is 0. The van der Waals surface area contributed by atoms with E-state index in [0.717, 1.165) is 38.9 Å². The van der Waals surface area contributed by atoms with Crippen LogP contribution in [0.15, 0.2) is 42.5 Å². The van der Waals surface area contributed by atoms with E-state index in [9.17, 15) is 0 Å². The number of fused-ring (bicyclic) bond motifs is 2. The molecule has 2 heterocycles. The molecule has 0 spiro atoms. The number of aromatic nitrogens is 1. The molecule has 0 radical (unpaired) electrons. The molecule has 0 saturated carbocycles. The summed E-state index contributed by atoms with van der Waals surface area (Å²) in [5.74, 6) is 0. The highest BCUT2D eigenvalue weighted by Crippen LogP contribution is 2.36. The molecule has 0 bridgehead atoms. The number of benzene rings is 2. The van der Waals surface area contributed by atoms with Crippen molar-refractivity contribution in [2.75, 3.05) is 19.6 Å². The molecular formula is C23H28N2. The molecule has 2 aromatic carbocycles. The second kappa shape index (κ2) is 6.68. The van der Waals surface area contributed by atoms with Gasteiger partial charge in [0.05, 0.1) is 5.52 Å². The van der Waals surface area contributed by atoms with E-state index < -0.39 is 0 Å². The van der Waals surface area contributed by atoms with Crippen molar-refractivity contribution in [2.24, 2.45) is 0 Å². The Morgan fingerprint density at radius 2 is 1.64 bits per heavy atom. The minimum absolute atomic E-state index is 1.11. The van der Waals surface area contributed by atoms with E-state index in [1.165, 1.54) is 39.0 Å². The smallest absolute Gasteiger partial charge is 0.0566 e. The minimum Gasteiger partial charge on any atom is -0.313 e. The maximum Gasteiger partial charge on any atom is 0.0566 e. The summed E-state index contributed by atoms with van der Waals surface area (Å²) >= 11 is 0. The van der Waals surface area contributed by atoms with Gasteiger partial charge in [-0.15, -0.1) is 0 Å². The van der Waals surface area contributed by atoms with Gasteiger partial charge in [-0.1, -0.05) is 50.2 Å². The van der Waals surface area contributed by atoms with Crippen LogP contribution >= 0.6 is 0 Å². The Morgan fingerprint density at radius 3 is 2.44 bits per heavy atom. The summed E-state index contributed by atoms with van der Waals surface area (Å²) in [5, 5.41) is 1.43. The van der Waals surface area contributed by atoms with Gasteiger partial charge in [0.1, 0.15) is 0 Å². The van der Waals surface area contributed by atoms with Crippen LogP contribution in [0.5, 0.6) is 0 Å².